The molecule has 1 heterocycles. The standard InChI is InChI=1S/C23H31ClN4O3/c1-25-23(27-18-11-13-28(15-18)19-7-5-6-17(24)14-19)26-12-10-16-8-9-20(29-2)22(31-4)21(16)30-3/h5-9,14,18H,10-13,15H2,1-4H3,(H2,25,26,27). The van der Waals surface area contributed by atoms with Crippen LogP contribution in [0, 0.1) is 0 Å². The molecule has 2 aromatic carbocycles. The molecule has 0 amide bonds. The summed E-state index contributed by atoms with van der Waals surface area (Å²) in [6, 6.07) is 12.2. The number of rotatable bonds is 8. The minimum absolute atomic E-state index is 0.320. The number of anilines is 1. The van der Waals surface area contributed by atoms with Crippen LogP contribution >= 0.6 is 11.6 Å². The molecule has 0 aliphatic carbocycles. The van der Waals surface area contributed by atoms with Gasteiger partial charge in [0.2, 0.25) is 5.75 Å². The van der Waals surface area contributed by atoms with Gasteiger partial charge >= 0.3 is 0 Å². The van der Waals surface area contributed by atoms with E-state index in [9.17, 15) is 0 Å². The fourth-order valence-corrected chi connectivity index (χ4v) is 4.03. The lowest BCUT2D eigenvalue weighted by Gasteiger charge is -2.21. The van der Waals surface area contributed by atoms with E-state index in [4.69, 9.17) is 25.8 Å². The Labute approximate surface area is 189 Å². The third-order valence-electron chi connectivity index (χ3n) is 5.40. The third kappa shape index (κ3) is 5.67. The van der Waals surface area contributed by atoms with E-state index in [1.165, 1.54) is 0 Å². The van der Waals surface area contributed by atoms with Crippen LogP contribution in [0.3, 0.4) is 0 Å². The van der Waals surface area contributed by atoms with Gasteiger partial charge < -0.3 is 29.7 Å². The van der Waals surface area contributed by atoms with Gasteiger partial charge in [0, 0.05) is 49.0 Å². The zero-order chi connectivity index (χ0) is 22.2. The van der Waals surface area contributed by atoms with Gasteiger partial charge in [0.25, 0.3) is 0 Å². The van der Waals surface area contributed by atoms with Crippen LogP contribution in [0.2, 0.25) is 5.02 Å². The van der Waals surface area contributed by atoms with Gasteiger partial charge in [0.05, 0.1) is 21.3 Å². The van der Waals surface area contributed by atoms with Crippen molar-refractivity contribution in [1.29, 1.82) is 0 Å². The molecule has 0 radical (unpaired) electrons. The van der Waals surface area contributed by atoms with Gasteiger partial charge in [-0.2, -0.15) is 0 Å². The van der Waals surface area contributed by atoms with E-state index in [1.807, 2.05) is 30.3 Å². The first kappa shape index (κ1) is 22.9. The molecule has 31 heavy (non-hydrogen) atoms. The summed E-state index contributed by atoms with van der Waals surface area (Å²) in [4.78, 5) is 6.72. The highest BCUT2D eigenvalue weighted by molar-refractivity contribution is 6.30. The molecule has 2 N–H and O–H groups in total. The van der Waals surface area contributed by atoms with Gasteiger partial charge in [-0.15, -0.1) is 0 Å². The normalized spacial score (nSPS) is 16.2. The fraction of sp³-hybridized carbons (Fsp3) is 0.435. The number of methoxy groups -OCH3 is 3. The van der Waals surface area contributed by atoms with Crippen LogP contribution < -0.4 is 29.7 Å². The molecule has 1 unspecified atom stereocenters. The molecule has 0 bridgehead atoms. The molecule has 1 aliphatic rings. The second kappa shape index (κ2) is 11.0. The summed E-state index contributed by atoms with van der Waals surface area (Å²) in [5.41, 5.74) is 2.19. The van der Waals surface area contributed by atoms with E-state index in [1.54, 1.807) is 28.4 Å². The Hall–Kier alpha value is -2.80. The molecule has 3 rings (SSSR count). The molecular formula is C23H31ClN4O3. The predicted molar refractivity (Wildman–Crippen MR) is 126 cm³/mol. The molecule has 1 atom stereocenters. The summed E-state index contributed by atoms with van der Waals surface area (Å²) in [5, 5.41) is 7.68. The number of hydrogen-bond acceptors (Lipinski definition) is 5. The average molecular weight is 447 g/mol. The minimum Gasteiger partial charge on any atom is -0.493 e. The molecular weight excluding hydrogens is 416 g/mol. The van der Waals surface area contributed by atoms with Crippen LogP contribution in [0.1, 0.15) is 12.0 Å². The fourth-order valence-electron chi connectivity index (χ4n) is 3.85. The number of ether oxygens (including phenoxy) is 3. The van der Waals surface area contributed by atoms with Crippen molar-refractivity contribution in [2.75, 3.05) is 52.9 Å². The Kier molecular flexibility index (Phi) is 8.12. The first-order valence-electron chi connectivity index (χ1n) is 10.3. The molecule has 0 aromatic heterocycles. The molecule has 1 saturated heterocycles. The highest BCUT2D eigenvalue weighted by Crippen LogP contribution is 2.39. The number of benzene rings is 2. The van der Waals surface area contributed by atoms with Gasteiger partial charge in [0.1, 0.15) is 0 Å². The SMILES string of the molecule is CN=C(NCCc1ccc(OC)c(OC)c1OC)NC1CCN(c2cccc(Cl)c2)C1. The maximum atomic E-state index is 6.14. The molecule has 8 heteroatoms. The van der Waals surface area contributed by atoms with E-state index in [-0.39, 0.29) is 0 Å². The van der Waals surface area contributed by atoms with Crippen LogP contribution in [0.4, 0.5) is 5.69 Å². The molecule has 7 nitrogen and oxygen atoms in total. The van der Waals surface area contributed by atoms with Crippen molar-refractivity contribution in [3.63, 3.8) is 0 Å². The largest absolute Gasteiger partial charge is 0.493 e. The van der Waals surface area contributed by atoms with Crippen LogP contribution in [0.15, 0.2) is 41.4 Å². The monoisotopic (exact) mass is 446 g/mol. The summed E-state index contributed by atoms with van der Waals surface area (Å²) < 4.78 is 16.4. The van der Waals surface area contributed by atoms with Gasteiger partial charge in [-0.25, -0.2) is 0 Å². The van der Waals surface area contributed by atoms with Crippen LogP contribution in [0.5, 0.6) is 17.2 Å². The van der Waals surface area contributed by atoms with Crippen molar-refractivity contribution in [2.45, 2.75) is 18.9 Å². The number of halogens is 1. The smallest absolute Gasteiger partial charge is 0.203 e. The minimum atomic E-state index is 0.320. The molecule has 0 saturated carbocycles. The maximum absolute atomic E-state index is 6.14. The van der Waals surface area contributed by atoms with Crippen molar-refractivity contribution in [3.8, 4) is 17.2 Å². The van der Waals surface area contributed by atoms with Crippen molar-refractivity contribution in [1.82, 2.24) is 10.6 Å². The second-order valence-corrected chi connectivity index (χ2v) is 7.73. The van der Waals surface area contributed by atoms with E-state index in [0.29, 0.717) is 29.8 Å². The number of guanidine groups is 1. The topological polar surface area (TPSA) is 67.4 Å². The Morgan fingerprint density at radius 2 is 1.94 bits per heavy atom. The van der Waals surface area contributed by atoms with Crippen LogP contribution in [-0.4, -0.2) is 60.0 Å². The van der Waals surface area contributed by atoms with Crippen LogP contribution in [0.25, 0.3) is 0 Å². The second-order valence-electron chi connectivity index (χ2n) is 7.30. The number of hydrogen-bond donors (Lipinski definition) is 2. The first-order valence-corrected chi connectivity index (χ1v) is 10.7. The quantitative estimate of drug-likeness (QED) is 0.479. The summed E-state index contributed by atoms with van der Waals surface area (Å²) >= 11 is 6.14. The lowest BCUT2D eigenvalue weighted by molar-refractivity contribution is 0.322. The van der Waals surface area contributed by atoms with Crippen LogP contribution in [-0.2, 0) is 6.42 Å². The van der Waals surface area contributed by atoms with Crippen molar-refractivity contribution < 1.29 is 14.2 Å². The van der Waals surface area contributed by atoms with E-state index >= 15 is 0 Å². The lowest BCUT2D eigenvalue weighted by Crippen LogP contribution is -2.45. The Morgan fingerprint density at radius 1 is 1.13 bits per heavy atom. The zero-order valence-corrected chi connectivity index (χ0v) is 19.3. The van der Waals surface area contributed by atoms with Crippen molar-refractivity contribution >= 4 is 23.2 Å². The number of nitrogens with one attached hydrogen (secondary N) is 2. The first-order chi connectivity index (χ1) is 15.1. The number of nitrogens with zero attached hydrogens (tertiary/aromatic N) is 2. The Balaban J connectivity index is 1.54. The highest BCUT2D eigenvalue weighted by atomic mass is 35.5. The average Bonchev–Trinajstić information content (AvgIpc) is 3.26. The van der Waals surface area contributed by atoms with Crippen molar-refractivity contribution in [3.05, 3.63) is 47.0 Å². The van der Waals surface area contributed by atoms with Crippen molar-refractivity contribution in [2.24, 2.45) is 4.99 Å². The van der Waals surface area contributed by atoms with Gasteiger partial charge in [-0.05, 0) is 37.1 Å². The summed E-state index contributed by atoms with van der Waals surface area (Å²) in [6.45, 7) is 2.60. The Bertz CT molecular complexity index is 906. The molecule has 1 aliphatic heterocycles. The summed E-state index contributed by atoms with van der Waals surface area (Å²) in [5.74, 6) is 2.74. The summed E-state index contributed by atoms with van der Waals surface area (Å²) in [6.07, 6.45) is 1.79. The van der Waals surface area contributed by atoms with E-state index in [2.05, 4.69) is 26.6 Å². The third-order valence-corrected chi connectivity index (χ3v) is 5.63. The number of aliphatic imine (C=N–C) groups is 1. The van der Waals surface area contributed by atoms with E-state index in [0.717, 1.165) is 48.2 Å². The van der Waals surface area contributed by atoms with Gasteiger partial charge in [0.15, 0.2) is 17.5 Å². The Morgan fingerprint density at radius 3 is 2.61 bits per heavy atom. The zero-order valence-electron chi connectivity index (χ0n) is 18.6. The van der Waals surface area contributed by atoms with Gasteiger partial charge in [-0.3, -0.25) is 4.99 Å². The maximum Gasteiger partial charge on any atom is 0.203 e. The highest BCUT2D eigenvalue weighted by Gasteiger charge is 2.23. The lowest BCUT2D eigenvalue weighted by atomic mass is 10.1. The molecule has 0 spiro atoms. The summed E-state index contributed by atoms with van der Waals surface area (Å²) in [7, 11) is 6.66. The molecule has 1 fully saturated rings. The predicted octanol–water partition coefficient (Wildman–Crippen LogP) is 3.35. The molecule has 168 valence electrons. The van der Waals surface area contributed by atoms with Gasteiger partial charge in [-0.1, -0.05) is 23.7 Å². The van der Waals surface area contributed by atoms with E-state index < -0.39 is 0 Å². The molecule has 2 aromatic rings.